The Morgan fingerprint density at radius 2 is 2.14 bits per heavy atom. The van der Waals surface area contributed by atoms with E-state index in [-0.39, 0.29) is 23.3 Å². The minimum Gasteiger partial charge on any atom is -0.351 e. The minimum absolute atomic E-state index is 0.189. The number of fused-ring (bicyclic) bond motifs is 1. The lowest BCUT2D eigenvalue weighted by Gasteiger charge is -2.01. The largest absolute Gasteiger partial charge is 0.351 e. The third-order valence-electron chi connectivity index (χ3n) is 2.91. The molecule has 0 bridgehead atoms. The van der Waals surface area contributed by atoms with Crippen LogP contribution in [0.5, 0.6) is 0 Å². The Morgan fingerprint density at radius 3 is 2.86 bits per heavy atom. The number of carbonyl (C=O) groups excluding carboxylic acids is 2. The summed E-state index contributed by atoms with van der Waals surface area (Å²) in [6, 6.07) is 5.35. The molecule has 6 nitrogen and oxygen atoms in total. The van der Waals surface area contributed by atoms with Crippen molar-refractivity contribution in [2.45, 2.75) is 13.3 Å². The lowest BCUT2D eigenvalue weighted by molar-refractivity contribution is 0.0947. The van der Waals surface area contributed by atoms with E-state index >= 15 is 0 Å². The first-order valence-electron chi connectivity index (χ1n) is 6.83. The first-order chi connectivity index (χ1) is 10.2. The molecule has 2 aromatic rings. The molecule has 2 heterocycles. The van der Waals surface area contributed by atoms with Crippen LogP contribution in [0.3, 0.4) is 0 Å². The lowest BCUT2D eigenvalue weighted by Crippen LogP contribution is -2.26. The zero-order valence-corrected chi connectivity index (χ0v) is 11.9. The quantitative estimate of drug-likeness (QED) is 0.788. The number of pyridine rings is 1. The number of nitrogens with one attached hydrogen (secondary N) is 2. The van der Waals surface area contributed by atoms with E-state index in [1.54, 1.807) is 34.9 Å². The summed E-state index contributed by atoms with van der Waals surface area (Å²) in [5.74, 6) is -0.428. The first-order valence-corrected chi connectivity index (χ1v) is 6.83. The van der Waals surface area contributed by atoms with Gasteiger partial charge in [-0.05, 0) is 18.6 Å². The molecule has 0 aromatic carbocycles. The Labute approximate surface area is 122 Å². The minimum atomic E-state index is -0.342. The fourth-order valence-electron chi connectivity index (χ4n) is 1.93. The number of hydrogen-bond acceptors (Lipinski definition) is 3. The number of imidazole rings is 1. The monoisotopic (exact) mass is 286 g/mol. The molecule has 2 rings (SSSR count). The molecule has 0 aliphatic heterocycles. The molecule has 21 heavy (non-hydrogen) atoms. The third kappa shape index (κ3) is 3.10. The average Bonchev–Trinajstić information content (AvgIpc) is 2.90. The van der Waals surface area contributed by atoms with E-state index in [0.717, 1.165) is 6.42 Å². The predicted molar refractivity (Wildman–Crippen MR) is 80.3 cm³/mol. The Bertz CT molecular complexity index is 675. The molecular formula is C15H18N4O2. The molecule has 2 aromatic heterocycles. The second kappa shape index (κ2) is 6.69. The maximum absolute atomic E-state index is 12.1. The van der Waals surface area contributed by atoms with Crippen LogP contribution in [0.1, 0.15) is 34.5 Å². The van der Waals surface area contributed by atoms with Gasteiger partial charge in [0.1, 0.15) is 0 Å². The van der Waals surface area contributed by atoms with Crippen LogP contribution in [-0.2, 0) is 0 Å². The lowest BCUT2D eigenvalue weighted by atomic mass is 10.3. The topological polar surface area (TPSA) is 75.5 Å². The van der Waals surface area contributed by atoms with E-state index < -0.39 is 0 Å². The van der Waals surface area contributed by atoms with Gasteiger partial charge >= 0.3 is 0 Å². The number of aromatic nitrogens is 2. The van der Waals surface area contributed by atoms with Crippen molar-refractivity contribution in [3.63, 3.8) is 0 Å². The summed E-state index contributed by atoms with van der Waals surface area (Å²) in [6.45, 7) is 6.44. The summed E-state index contributed by atoms with van der Waals surface area (Å²) >= 11 is 0. The maximum atomic E-state index is 12.1. The molecule has 0 atom stereocenters. The van der Waals surface area contributed by atoms with Crippen LogP contribution in [0, 0.1) is 0 Å². The van der Waals surface area contributed by atoms with E-state index in [9.17, 15) is 9.59 Å². The normalized spacial score (nSPS) is 10.3. The van der Waals surface area contributed by atoms with Crippen LogP contribution < -0.4 is 10.6 Å². The molecule has 0 spiro atoms. The van der Waals surface area contributed by atoms with Crippen molar-refractivity contribution in [3.05, 3.63) is 48.6 Å². The van der Waals surface area contributed by atoms with Gasteiger partial charge in [-0.25, -0.2) is 4.98 Å². The van der Waals surface area contributed by atoms with E-state index in [2.05, 4.69) is 22.2 Å². The van der Waals surface area contributed by atoms with Gasteiger partial charge in [0.15, 0.2) is 5.69 Å². The smallest absolute Gasteiger partial charge is 0.287 e. The van der Waals surface area contributed by atoms with Crippen molar-refractivity contribution in [1.82, 2.24) is 20.0 Å². The number of amides is 2. The van der Waals surface area contributed by atoms with E-state index in [1.807, 2.05) is 6.92 Å². The highest BCUT2D eigenvalue weighted by Gasteiger charge is 2.20. The summed E-state index contributed by atoms with van der Waals surface area (Å²) in [5.41, 5.74) is 0.864. The Hall–Kier alpha value is -2.63. The zero-order valence-electron chi connectivity index (χ0n) is 11.9. The van der Waals surface area contributed by atoms with Crippen molar-refractivity contribution in [1.29, 1.82) is 0 Å². The summed E-state index contributed by atoms with van der Waals surface area (Å²) in [6.07, 6.45) is 4.13. The van der Waals surface area contributed by atoms with Crippen LogP contribution in [0.4, 0.5) is 0 Å². The molecule has 0 aliphatic rings. The third-order valence-corrected chi connectivity index (χ3v) is 2.91. The van der Waals surface area contributed by atoms with Gasteiger partial charge in [-0.2, -0.15) is 0 Å². The molecule has 0 fully saturated rings. The summed E-state index contributed by atoms with van der Waals surface area (Å²) < 4.78 is 1.61. The van der Waals surface area contributed by atoms with E-state index in [0.29, 0.717) is 18.6 Å². The van der Waals surface area contributed by atoms with Crippen LogP contribution in [-0.4, -0.2) is 34.3 Å². The highest BCUT2D eigenvalue weighted by atomic mass is 16.2. The van der Waals surface area contributed by atoms with Gasteiger partial charge in [0.25, 0.3) is 11.8 Å². The summed E-state index contributed by atoms with van der Waals surface area (Å²) in [7, 11) is 0. The fraction of sp³-hybridized carbons (Fsp3) is 0.267. The molecule has 6 heteroatoms. The molecule has 110 valence electrons. The summed E-state index contributed by atoms with van der Waals surface area (Å²) in [4.78, 5) is 28.4. The van der Waals surface area contributed by atoms with Crippen molar-refractivity contribution < 1.29 is 9.59 Å². The van der Waals surface area contributed by atoms with Gasteiger partial charge in [0.05, 0.1) is 5.52 Å². The number of carbonyl (C=O) groups is 2. The molecule has 0 saturated carbocycles. The van der Waals surface area contributed by atoms with Crippen molar-refractivity contribution in [2.24, 2.45) is 0 Å². The van der Waals surface area contributed by atoms with Crippen LogP contribution in [0.2, 0.25) is 0 Å². The summed E-state index contributed by atoms with van der Waals surface area (Å²) in [5, 5.41) is 5.44. The number of nitrogens with zero attached hydrogens (tertiary/aromatic N) is 2. The SMILES string of the molecule is C=CCNC(=O)c1nc(C(=O)NCCC)c2ccccn12. The Morgan fingerprint density at radius 1 is 1.33 bits per heavy atom. The van der Waals surface area contributed by atoms with Gasteiger partial charge in [-0.3, -0.25) is 14.0 Å². The molecule has 0 radical (unpaired) electrons. The van der Waals surface area contributed by atoms with Gasteiger partial charge in [0, 0.05) is 19.3 Å². The van der Waals surface area contributed by atoms with E-state index in [4.69, 9.17) is 0 Å². The molecule has 2 N–H and O–H groups in total. The molecule has 0 aliphatic carbocycles. The Balaban J connectivity index is 2.41. The maximum Gasteiger partial charge on any atom is 0.287 e. The second-order valence-electron chi connectivity index (χ2n) is 4.49. The molecule has 2 amide bonds. The average molecular weight is 286 g/mol. The fourth-order valence-corrected chi connectivity index (χ4v) is 1.93. The van der Waals surface area contributed by atoms with Crippen molar-refractivity contribution in [2.75, 3.05) is 13.1 Å². The van der Waals surface area contributed by atoms with Crippen LogP contribution in [0.15, 0.2) is 37.1 Å². The second-order valence-corrected chi connectivity index (χ2v) is 4.49. The molecular weight excluding hydrogens is 268 g/mol. The zero-order chi connectivity index (χ0) is 15.2. The number of hydrogen-bond donors (Lipinski definition) is 2. The van der Waals surface area contributed by atoms with Crippen LogP contribution >= 0.6 is 0 Å². The Kier molecular flexibility index (Phi) is 4.71. The number of rotatable bonds is 6. The highest BCUT2D eigenvalue weighted by Crippen LogP contribution is 2.13. The van der Waals surface area contributed by atoms with Crippen molar-refractivity contribution >= 4 is 17.3 Å². The van der Waals surface area contributed by atoms with Crippen LogP contribution in [0.25, 0.3) is 5.52 Å². The van der Waals surface area contributed by atoms with Gasteiger partial charge in [-0.15, -0.1) is 6.58 Å². The van der Waals surface area contributed by atoms with Crippen molar-refractivity contribution in [3.8, 4) is 0 Å². The molecule has 0 saturated heterocycles. The van der Waals surface area contributed by atoms with Gasteiger partial charge < -0.3 is 10.6 Å². The van der Waals surface area contributed by atoms with E-state index in [1.165, 1.54) is 0 Å². The standard InChI is InChI=1S/C15H18N4O2/c1-3-8-16-14(20)12-11-7-5-6-10-19(11)13(18-12)15(21)17-9-4-2/h4-7,10H,2-3,8-9H2,1H3,(H,16,20)(H,17,21). The molecule has 0 unspecified atom stereocenters. The van der Waals surface area contributed by atoms with Gasteiger partial charge in [-0.1, -0.05) is 19.1 Å². The van der Waals surface area contributed by atoms with Gasteiger partial charge in [0.2, 0.25) is 5.82 Å². The predicted octanol–water partition coefficient (Wildman–Crippen LogP) is 1.39. The highest BCUT2D eigenvalue weighted by molar-refractivity contribution is 6.02. The first kappa shape index (κ1) is 14.8.